The molecule has 3 nitrogen and oxygen atoms in total. The van der Waals surface area contributed by atoms with Crippen LogP contribution in [0.2, 0.25) is 0 Å². The summed E-state index contributed by atoms with van der Waals surface area (Å²) in [7, 11) is 0. The van der Waals surface area contributed by atoms with Gasteiger partial charge in [-0.2, -0.15) is 0 Å². The van der Waals surface area contributed by atoms with Crippen LogP contribution in [0.15, 0.2) is 12.1 Å². The number of hydrogen-bond acceptors (Lipinski definition) is 3. The van der Waals surface area contributed by atoms with Gasteiger partial charge >= 0.3 is 0 Å². The number of phenolic OH excluding ortho intramolecular Hbond substituents is 1. The maximum atomic E-state index is 12.4. The summed E-state index contributed by atoms with van der Waals surface area (Å²) >= 11 is 0. The summed E-state index contributed by atoms with van der Waals surface area (Å²) in [6.45, 7) is 2.27. The molecule has 1 aromatic carbocycles. The highest BCUT2D eigenvalue weighted by molar-refractivity contribution is 5.87. The molecular weight excluding hydrogens is 288 g/mol. The number of aryl methyl sites for hydroxylation is 1. The highest BCUT2D eigenvalue weighted by Crippen LogP contribution is 2.59. The molecule has 3 heteroatoms. The molecule has 23 heavy (non-hydrogen) atoms. The predicted molar refractivity (Wildman–Crippen MR) is 88.5 cm³/mol. The second kappa shape index (κ2) is 5.34. The van der Waals surface area contributed by atoms with Gasteiger partial charge in [0, 0.05) is 18.4 Å². The van der Waals surface area contributed by atoms with Crippen molar-refractivity contribution in [3.63, 3.8) is 0 Å². The number of aliphatic hydroxyl groups excluding tert-OH is 1. The minimum atomic E-state index is -0.0798. The number of hydrogen-bond donors (Lipinski definition) is 2. The molecule has 0 radical (unpaired) electrons. The second-order valence-corrected chi connectivity index (χ2v) is 7.99. The van der Waals surface area contributed by atoms with Crippen LogP contribution in [0.4, 0.5) is 0 Å². The lowest BCUT2D eigenvalue weighted by atomic mass is 9.55. The van der Waals surface area contributed by atoms with Gasteiger partial charge in [-0.05, 0) is 79.0 Å². The van der Waals surface area contributed by atoms with Crippen molar-refractivity contribution in [1.82, 2.24) is 0 Å². The molecule has 0 saturated heterocycles. The third-order valence-corrected chi connectivity index (χ3v) is 7.01. The standard InChI is InChI=1S/C20H26O3/c1-20-8-6-14-15(17(20)4-5-19(20)23)3-2-12-11-18(22)13(7-9-21)10-16(12)14/h10-11,14-15,17,21-22H,2-9H2,1H3. The SMILES string of the molecule is CC12CCC3c4cc(CCO)c(O)cc4CCC3C1CCC2=O. The number of phenols is 1. The third kappa shape index (κ3) is 2.16. The molecule has 1 aromatic rings. The molecule has 0 aromatic heterocycles. The average Bonchev–Trinajstić information content (AvgIpc) is 2.84. The van der Waals surface area contributed by atoms with Crippen molar-refractivity contribution < 1.29 is 15.0 Å². The van der Waals surface area contributed by atoms with E-state index in [1.54, 1.807) is 0 Å². The molecule has 0 spiro atoms. The van der Waals surface area contributed by atoms with Crippen molar-refractivity contribution in [1.29, 1.82) is 0 Å². The Balaban J connectivity index is 1.71. The lowest BCUT2D eigenvalue weighted by Gasteiger charge is -2.48. The lowest BCUT2D eigenvalue weighted by Crippen LogP contribution is -2.42. The van der Waals surface area contributed by atoms with Crippen molar-refractivity contribution in [3.8, 4) is 5.75 Å². The Kier molecular flexibility index (Phi) is 3.53. The summed E-state index contributed by atoms with van der Waals surface area (Å²) in [6.07, 6.45) is 6.58. The van der Waals surface area contributed by atoms with Gasteiger partial charge in [0.15, 0.2) is 0 Å². The first-order chi connectivity index (χ1) is 11.0. The first-order valence-electron chi connectivity index (χ1n) is 9.03. The Hall–Kier alpha value is -1.35. The molecule has 0 aliphatic heterocycles. The Morgan fingerprint density at radius 1 is 1.22 bits per heavy atom. The number of benzene rings is 1. The van der Waals surface area contributed by atoms with E-state index in [1.165, 1.54) is 11.1 Å². The van der Waals surface area contributed by atoms with Crippen LogP contribution in [0.1, 0.15) is 61.6 Å². The highest BCUT2D eigenvalue weighted by atomic mass is 16.3. The van der Waals surface area contributed by atoms with Crippen LogP contribution in [0.5, 0.6) is 5.75 Å². The van der Waals surface area contributed by atoms with E-state index < -0.39 is 0 Å². The van der Waals surface area contributed by atoms with Crippen molar-refractivity contribution in [3.05, 3.63) is 28.8 Å². The van der Waals surface area contributed by atoms with Gasteiger partial charge in [0.05, 0.1) is 0 Å². The van der Waals surface area contributed by atoms with Crippen molar-refractivity contribution >= 4 is 5.78 Å². The number of Topliss-reactive ketones (excluding diaryl/α,β-unsaturated/α-hetero) is 1. The number of carbonyl (C=O) groups is 1. The number of aromatic hydroxyl groups is 1. The fraction of sp³-hybridized carbons (Fsp3) is 0.650. The fourth-order valence-electron chi connectivity index (χ4n) is 5.75. The maximum absolute atomic E-state index is 12.4. The molecule has 3 aliphatic rings. The zero-order chi connectivity index (χ0) is 16.2. The summed E-state index contributed by atoms with van der Waals surface area (Å²) in [6, 6.07) is 4.06. The predicted octanol–water partition coefficient (Wildman–Crippen LogP) is 3.35. The topological polar surface area (TPSA) is 57.5 Å². The van der Waals surface area contributed by atoms with Crippen LogP contribution in [0, 0.1) is 17.3 Å². The lowest BCUT2D eigenvalue weighted by molar-refractivity contribution is -0.129. The first kappa shape index (κ1) is 15.2. The smallest absolute Gasteiger partial charge is 0.139 e. The van der Waals surface area contributed by atoms with Gasteiger partial charge in [-0.25, -0.2) is 0 Å². The normalized spacial score (nSPS) is 35.6. The van der Waals surface area contributed by atoms with Gasteiger partial charge in [-0.3, -0.25) is 4.79 Å². The van der Waals surface area contributed by atoms with Crippen LogP contribution in [-0.2, 0) is 17.6 Å². The second-order valence-electron chi connectivity index (χ2n) is 7.99. The molecule has 0 amide bonds. The summed E-state index contributed by atoms with van der Waals surface area (Å²) in [5, 5.41) is 19.4. The van der Waals surface area contributed by atoms with E-state index in [4.69, 9.17) is 0 Å². The van der Waals surface area contributed by atoms with Gasteiger partial charge in [0.1, 0.15) is 11.5 Å². The minimum absolute atomic E-state index is 0.0651. The number of carbonyl (C=O) groups excluding carboxylic acids is 1. The molecule has 4 atom stereocenters. The quantitative estimate of drug-likeness (QED) is 0.880. The van der Waals surface area contributed by atoms with Crippen molar-refractivity contribution in [2.24, 2.45) is 17.3 Å². The van der Waals surface area contributed by atoms with Crippen molar-refractivity contribution in [2.75, 3.05) is 6.61 Å². The fourth-order valence-corrected chi connectivity index (χ4v) is 5.75. The number of fused-ring (bicyclic) bond motifs is 5. The number of rotatable bonds is 2. The van der Waals surface area contributed by atoms with Crippen LogP contribution in [-0.4, -0.2) is 22.6 Å². The monoisotopic (exact) mass is 314 g/mol. The number of ketones is 1. The number of aliphatic hydroxyl groups is 1. The molecule has 4 rings (SSSR count). The largest absolute Gasteiger partial charge is 0.508 e. The molecule has 4 unspecified atom stereocenters. The van der Waals surface area contributed by atoms with E-state index in [0.29, 0.717) is 35.7 Å². The average molecular weight is 314 g/mol. The van der Waals surface area contributed by atoms with Gasteiger partial charge < -0.3 is 10.2 Å². The maximum Gasteiger partial charge on any atom is 0.139 e. The van der Waals surface area contributed by atoms with Gasteiger partial charge in [-0.1, -0.05) is 13.0 Å². The summed E-state index contributed by atoms with van der Waals surface area (Å²) in [5.41, 5.74) is 3.44. The summed E-state index contributed by atoms with van der Waals surface area (Å²) in [4.78, 5) is 12.4. The third-order valence-electron chi connectivity index (χ3n) is 7.01. The Morgan fingerprint density at radius 3 is 2.83 bits per heavy atom. The Labute approximate surface area is 137 Å². The van der Waals surface area contributed by atoms with Gasteiger partial charge in [0.25, 0.3) is 0 Å². The molecule has 2 fully saturated rings. The molecular formula is C20H26O3. The van der Waals surface area contributed by atoms with E-state index in [1.807, 2.05) is 6.07 Å². The van der Waals surface area contributed by atoms with Gasteiger partial charge in [-0.15, -0.1) is 0 Å². The molecule has 0 bridgehead atoms. The van der Waals surface area contributed by atoms with E-state index in [2.05, 4.69) is 13.0 Å². The van der Waals surface area contributed by atoms with E-state index in [0.717, 1.165) is 44.1 Å². The zero-order valence-electron chi connectivity index (χ0n) is 13.8. The van der Waals surface area contributed by atoms with E-state index in [-0.39, 0.29) is 12.0 Å². The van der Waals surface area contributed by atoms with Crippen LogP contribution in [0.25, 0.3) is 0 Å². The molecule has 2 N–H and O–H groups in total. The van der Waals surface area contributed by atoms with Crippen LogP contribution < -0.4 is 0 Å². The highest BCUT2D eigenvalue weighted by Gasteiger charge is 2.54. The molecule has 3 aliphatic carbocycles. The van der Waals surface area contributed by atoms with Gasteiger partial charge in [0.2, 0.25) is 0 Å². The zero-order valence-corrected chi connectivity index (χ0v) is 13.8. The molecule has 2 saturated carbocycles. The summed E-state index contributed by atoms with van der Waals surface area (Å²) in [5.74, 6) is 2.49. The Bertz CT molecular complexity index is 651. The van der Waals surface area contributed by atoms with Crippen LogP contribution in [0.3, 0.4) is 0 Å². The van der Waals surface area contributed by atoms with Crippen LogP contribution >= 0.6 is 0 Å². The first-order valence-corrected chi connectivity index (χ1v) is 9.03. The summed E-state index contributed by atoms with van der Waals surface area (Å²) < 4.78 is 0. The molecule has 0 heterocycles. The minimum Gasteiger partial charge on any atom is -0.508 e. The Morgan fingerprint density at radius 2 is 2.04 bits per heavy atom. The molecule has 124 valence electrons. The van der Waals surface area contributed by atoms with Crippen molar-refractivity contribution in [2.45, 2.75) is 57.8 Å². The van der Waals surface area contributed by atoms with E-state index in [9.17, 15) is 15.0 Å². The van der Waals surface area contributed by atoms with E-state index >= 15 is 0 Å².